The molecular weight excluding hydrogens is 230 g/mol. The summed E-state index contributed by atoms with van der Waals surface area (Å²) < 4.78 is 0. The van der Waals surface area contributed by atoms with Crippen molar-refractivity contribution in [1.29, 1.82) is 0 Å². The topological polar surface area (TPSA) is 28.2 Å². The molecule has 1 N–H and O–H groups in total. The van der Waals surface area contributed by atoms with Crippen molar-refractivity contribution in [2.24, 2.45) is 0 Å². The Balaban J connectivity index is 2.00. The number of rotatable bonds is 4. The Hall–Kier alpha value is -0.740. The van der Waals surface area contributed by atoms with Gasteiger partial charge in [-0.1, -0.05) is 13.8 Å². The summed E-state index contributed by atoms with van der Waals surface area (Å²) in [6.07, 6.45) is 1.93. The van der Waals surface area contributed by atoms with Crippen molar-refractivity contribution in [2.75, 3.05) is 29.5 Å². The quantitative estimate of drug-likeness (QED) is 0.887. The lowest BCUT2D eigenvalue weighted by Gasteiger charge is -2.28. The summed E-state index contributed by atoms with van der Waals surface area (Å²) in [6.45, 7) is 7.49. The summed E-state index contributed by atoms with van der Waals surface area (Å²) in [5, 5.41) is 3.41. The lowest BCUT2D eigenvalue weighted by Crippen LogP contribution is -2.32. The third kappa shape index (κ3) is 3.89. The maximum atomic E-state index is 4.41. The van der Waals surface area contributed by atoms with Gasteiger partial charge < -0.3 is 10.2 Å². The van der Waals surface area contributed by atoms with E-state index < -0.39 is 0 Å². The van der Waals surface area contributed by atoms with Crippen molar-refractivity contribution in [3.8, 4) is 0 Å². The molecule has 3 nitrogen and oxygen atoms in total. The molecule has 94 valence electrons. The second-order valence-corrected chi connectivity index (χ2v) is 5.87. The van der Waals surface area contributed by atoms with E-state index in [1.165, 1.54) is 17.2 Å². The van der Waals surface area contributed by atoms with Gasteiger partial charge in [-0.05, 0) is 12.1 Å². The second-order valence-electron chi connectivity index (χ2n) is 4.64. The molecule has 0 amide bonds. The van der Waals surface area contributed by atoms with Crippen LogP contribution in [0.2, 0.25) is 0 Å². The van der Waals surface area contributed by atoms with Gasteiger partial charge in [-0.2, -0.15) is 11.8 Å². The first-order chi connectivity index (χ1) is 8.25. The lowest BCUT2D eigenvalue weighted by atomic mass is 10.2. The van der Waals surface area contributed by atoms with Crippen LogP contribution in [0.3, 0.4) is 0 Å². The maximum Gasteiger partial charge on any atom is 0.0562 e. The molecule has 1 fully saturated rings. The van der Waals surface area contributed by atoms with E-state index in [1.54, 1.807) is 0 Å². The highest BCUT2D eigenvalue weighted by molar-refractivity contribution is 7.99. The number of thioether (sulfide) groups is 1. The molecule has 17 heavy (non-hydrogen) atoms. The van der Waals surface area contributed by atoms with Gasteiger partial charge in [-0.15, -0.1) is 0 Å². The first kappa shape index (κ1) is 12.7. The van der Waals surface area contributed by atoms with Gasteiger partial charge in [0.05, 0.1) is 5.69 Å². The van der Waals surface area contributed by atoms with E-state index >= 15 is 0 Å². The average molecular weight is 251 g/mol. The zero-order chi connectivity index (χ0) is 12.1. The molecule has 1 aliphatic rings. The van der Waals surface area contributed by atoms with Crippen LogP contribution in [0, 0.1) is 0 Å². The predicted molar refractivity (Wildman–Crippen MR) is 75.8 cm³/mol. The molecule has 2 heterocycles. The van der Waals surface area contributed by atoms with Gasteiger partial charge >= 0.3 is 0 Å². The molecule has 1 saturated heterocycles. The molecule has 2 rings (SSSR count). The summed E-state index contributed by atoms with van der Waals surface area (Å²) in [5.41, 5.74) is 2.45. The van der Waals surface area contributed by atoms with Gasteiger partial charge in [-0.3, -0.25) is 4.98 Å². The Labute approximate surface area is 108 Å². The Morgan fingerprint density at radius 1 is 1.41 bits per heavy atom. The van der Waals surface area contributed by atoms with Gasteiger partial charge in [-0.25, -0.2) is 0 Å². The number of nitrogens with zero attached hydrogens (tertiary/aromatic N) is 2. The Morgan fingerprint density at radius 2 is 2.18 bits per heavy atom. The summed E-state index contributed by atoms with van der Waals surface area (Å²) in [6, 6.07) is 4.84. The van der Waals surface area contributed by atoms with Crippen LogP contribution in [0.15, 0.2) is 18.3 Å². The minimum absolute atomic E-state index is 0.506. The molecular formula is C13H21N3S. The van der Waals surface area contributed by atoms with Crippen LogP contribution in [0.5, 0.6) is 0 Å². The molecule has 4 heteroatoms. The van der Waals surface area contributed by atoms with Crippen molar-refractivity contribution < 1.29 is 0 Å². The second kappa shape index (κ2) is 6.26. The van der Waals surface area contributed by atoms with E-state index in [2.05, 4.69) is 41.2 Å². The van der Waals surface area contributed by atoms with Gasteiger partial charge in [0.25, 0.3) is 0 Å². The van der Waals surface area contributed by atoms with E-state index in [0.29, 0.717) is 6.04 Å². The molecule has 1 aliphatic heterocycles. The van der Waals surface area contributed by atoms with E-state index in [-0.39, 0.29) is 0 Å². The number of anilines is 1. The van der Waals surface area contributed by atoms with Crippen LogP contribution in [0.25, 0.3) is 0 Å². The third-order valence-corrected chi connectivity index (χ3v) is 3.81. The molecule has 0 atom stereocenters. The maximum absolute atomic E-state index is 4.41. The van der Waals surface area contributed by atoms with Crippen LogP contribution in [-0.4, -0.2) is 35.6 Å². The monoisotopic (exact) mass is 251 g/mol. The largest absolute Gasteiger partial charge is 0.370 e. The van der Waals surface area contributed by atoms with Gasteiger partial charge in [0.1, 0.15) is 0 Å². The van der Waals surface area contributed by atoms with Gasteiger partial charge in [0.15, 0.2) is 0 Å². The lowest BCUT2D eigenvalue weighted by molar-refractivity contribution is 0.581. The number of aromatic nitrogens is 1. The molecule has 0 spiro atoms. The Morgan fingerprint density at radius 3 is 2.88 bits per heavy atom. The first-order valence-corrected chi connectivity index (χ1v) is 7.42. The van der Waals surface area contributed by atoms with Crippen LogP contribution >= 0.6 is 11.8 Å². The summed E-state index contributed by atoms with van der Waals surface area (Å²) in [5.74, 6) is 2.48. The number of hydrogen-bond donors (Lipinski definition) is 1. The van der Waals surface area contributed by atoms with Crippen molar-refractivity contribution >= 4 is 17.4 Å². The van der Waals surface area contributed by atoms with Crippen molar-refractivity contribution in [3.63, 3.8) is 0 Å². The molecule has 0 aliphatic carbocycles. The van der Waals surface area contributed by atoms with Crippen molar-refractivity contribution in [2.45, 2.75) is 26.4 Å². The molecule has 0 saturated carbocycles. The van der Waals surface area contributed by atoms with Crippen LogP contribution in [0.4, 0.5) is 5.69 Å². The average Bonchev–Trinajstić information content (AvgIpc) is 2.38. The Kier molecular flexibility index (Phi) is 4.68. The Bertz CT molecular complexity index is 348. The summed E-state index contributed by atoms with van der Waals surface area (Å²) in [4.78, 5) is 6.87. The third-order valence-electron chi connectivity index (χ3n) is 2.87. The van der Waals surface area contributed by atoms with Crippen molar-refractivity contribution in [3.05, 3.63) is 24.0 Å². The summed E-state index contributed by atoms with van der Waals surface area (Å²) in [7, 11) is 0. The van der Waals surface area contributed by atoms with Crippen LogP contribution in [-0.2, 0) is 6.54 Å². The van der Waals surface area contributed by atoms with Crippen molar-refractivity contribution in [1.82, 2.24) is 10.3 Å². The standard InChI is InChI=1S/C13H21N3S/c1-11(2)15-10-12-9-13(3-4-14-12)16-5-7-17-8-6-16/h3-4,9,11,15H,5-8,10H2,1-2H3. The highest BCUT2D eigenvalue weighted by Gasteiger charge is 2.11. The van der Waals surface area contributed by atoms with E-state index in [0.717, 1.165) is 25.3 Å². The van der Waals surface area contributed by atoms with E-state index in [1.807, 2.05) is 18.0 Å². The minimum atomic E-state index is 0.506. The SMILES string of the molecule is CC(C)NCc1cc(N2CCSCC2)ccn1. The fraction of sp³-hybridized carbons (Fsp3) is 0.615. The molecule has 0 bridgehead atoms. The minimum Gasteiger partial charge on any atom is -0.370 e. The number of pyridine rings is 1. The summed E-state index contributed by atoms with van der Waals surface area (Å²) >= 11 is 2.04. The van der Waals surface area contributed by atoms with Gasteiger partial charge in [0, 0.05) is 49.1 Å². The smallest absolute Gasteiger partial charge is 0.0562 e. The molecule has 0 unspecified atom stereocenters. The number of hydrogen-bond acceptors (Lipinski definition) is 4. The molecule has 1 aromatic rings. The fourth-order valence-electron chi connectivity index (χ4n) is 1.89. The zero-order valence-electron chi connectivity index (χ0n) is 10.6. The molecule has 0 aromatic carbocycles. The molecule has 1 aromatic heterocycles. The fourth-order valence-corrected chi connectivity index (χ4v) is 2.79. The predicted octanol–water partition coefficient (Wildman–Crippen LogP) is 2.13. The van der Waals surface area contributed by atoms with E-state index in [4.69, 9.17) is 0 Å². The molecule has 0 radical (unpaired) electrons. The first-order valence-electron chi connectivity index (χ1n) is 6.27. The van der Waals surface area contributed by atoms with Gasteiger partial charge in [0.2, 0.25) is 0 Å². The van der Waals surface area contributed by atoms with Crippen LogP contribution in [0.1, 0.15) is 19.5 Å². The number of nitrogens with one attached hydrogen (secondary N) is 1. The zero-order valence-corrected chi connectivity index (χ0v) is 11.5. The van der Waals surface area contributed by atoms with Crippen LogP contribution < -0.4 is 10.2 Å². The highest BCUT2D eigenvalue weighted by Crippen LogP contribution is 2.19. The van der Waals surface area contributed by atoms with E-state index in [9.17, 15) is 0 Å². The normalized spacial score (nSPS) is 16.5. The highest BCUT2D eigenvalue weighted by atomic mass is 32.2.